The molecule has 3 rings (SSSR count). The third kappa shape index (κ3) is 7.37. The standard InChI is InChI=1S/C23H38N6OS/c1-16(2)14-25-21-19-15-26-29(22(19)28-23(27-21)31-17(3)4)13-12-24-20(30)11-10-18-8-6-5-7-9-18/h15-18H,5-14H2,1-4H3,(H,24,30)(H,25,27,28). The molecule has 1 saturated carbocycles. The highest BCUT2D eigenvalue weighted by Gasteiger charge is 2.16. The lowest BCUT2D eigenvalue weighted by Gasteiger charge is -2.20. The molecule has 2 heterocycles. The van der Waals surface area contributed by atoms with E-state index >= 15 is 0 Å². The number of carbonyl (C=O) groups is 1. The minimum absolute atomic E-state index is 0.145. The third-order valence-electron chi connectivity index (χ3n) is 5.64. The van der Waals surface area contributed by atoms with Crippen LogP contribution in [0.25, 0.3) is 11.0 Å². The number of fused-ring (bicyclic) bond motifs is 1. The van der Waals surface area contributed by atoms with Crippen LogP contribution in [0.2, 0.25) is 0 Å². The summed E-state index contributed by atoms with van der Waals surface area (Å²) in [6, 6.07) is 0. The van der Waals surface area contributed by atoms with Crippen LogP contribution in [0.1, 0.15) is 72.6 Å². The Hall–Kier alpha value is -1.83. The maximum absolute atomic E-state index is 12.3. The Morgan fingerprint density at radius 3 is 2.68 bits per heavy atom. The highest BCUT2D eigenvalue weighted by molar-refractivity contribution is 7.99. The molecule has 172 valence electrons. The van der Waals surface area contributed by atoms with Crippen molar-refractivity contribution in [3.05, 3.63) is 6.20 Å². The second-order valence-corrected chi connectivity index (χ2v) is 10.8. The zero-order chi connectivity index (χ0) is 22.2. The van der Waals surface area contributed by atoms with Crippen molar-refractivity contribution in [3.8, 4) is 0 Å². The van der Waals surface area contributed by atoms with E-state index < -0.39 is 0 Å². The molecule has 2 N–H and O–H groups in total. The number of aromatic nitrogens is 4. The fourth-order valence-corrected chi connectivity index (χ4v) is 4.70. The van der Waals surface area contributed by atoms with Crippen molar-refractivity contribution in [3.63, 3.8) is 0 Å². The van der Waals surface area contributed by atoms with Crippen molar-refractivity contribution in [2.24, 2.45) is 11.8 Å². The Morgan fingerprint density at radius 2 is 1.97 bits per heavy atom. The summed E-state index contributed by atoms with van der Waals surface area (Å²) in [6.07, 6.45) is 10.1. The van der Waals surface area contributed by atoms with Gasteiger partial charge in [-0.05, 0) is 18.3 Å². The van der Waals surface area contributed by atoms with Crippen molar-refractivity contribution < 1.29 is 4.79 Å². The normalized spacial score (nSPS) is 15.2. The maximum Gasteiger partial charge on any atom is 0.220 e. The molecule has 0 radical (unpaired) electrons. The van der Waals surface area contributed by atoms with E-state index in [-0.39, 0.29) is 5.91 Å². The summed E-state index contributed by atoms with van der Waals surface area (Å²) in [6.45, 7) is 10.6. The molecule has 1 aliphatic rings. The number of hydrogen-bond donors (Lipinski definition) is 2. The van der Waals surface area contributed by atoms with Crippen molar-refractivity contribution >= 4 is 34.5 Å². The number of thioether (sulfide) groups is 1. The number of hydrogen-bond acceptors (Lipinski definition) is 6. The maximum atomic E-state index is 12.3. The SMILES string of the molecule is CC(C)CNc1nc(SC(C)C)nc2c1cnn2CCNC(=O)CCC1CCCCC1. The summed E-state index contributed by atoms with van der Waals surface area (Å²) in [5.41, 5.74) is 0.820. The summed E-state index contributed by atoms with van der Waals surface area (Å²) < 4.78 is 1.88. The lowest BCUT2D eigenvalue weighted by molar-refractivity contribution is -0.121. The van der Waals surface area contributed by atoms with Crippen LogP contribution in [0.3, 0.4) is 0 Å². The van der Waals surface area contributed by atoms with Gasteiger partial charge in [-0.2, -0.15) is 5.10 Å². The molecule has 1 aliphatic carbocycles. The molecule has 2 aromatic rings. The lowest BCUT2D eigenvalue weighted by Crippen LogP contribution is -2.28. The van der Waals surface area contributed by atoms with Crippen LogP contribution < -0.4 is 10.6 Å². The summed E-state index contributed by atoms with van der Waals surface area (Å²) >= 11 is 1.65. The zero-order valence-electron chi connectivity index (χ0n) is 19.5. The third-order valence-corrected chi connectivity index (χ3v) is 6.51. The van der Waals surface area contributed by atoms with Gasteiger partial charge in [-0.15, -0.1) is 0 Å². The van der Waals surface area contributed by atoms with Crippen LogP contribution in [0.5, 0.6) is 0 Å². The van der Waals surface area contributed by atoms with Gasteiger partial charge in [0.25, 0.3) is 0 Å². The molecule has 0 spiro atoms. The molecular weight excluding hydrogens is 408 g/mol. The predicted octanol–water partition coefficient (Wildman–Crippen LogP) is 4.87. The van der Waals surface area contributed by atoms with E-state index in [9.17, 15) is 4.79 Å². The van der Waals surface area contributed by atoms with E-state index in [1.165, 1.54) is 32.1 Å². The van der Waals surface area contributed by atoms with Gasteiger partial charge in [-0.25, -0.2) is 14.6 Å². The predicted molar refractivity (Wildman–Crippen MR) is 128 cm³/mol. The van der Waals surface area contributed by atoms with E-state index in [0.717, 1.165) is 40.9 Å². The number of rotatable bonds is 11. The first-order valence-corrected chi connectivity index (χ1v) is 12.7. The first-order valence-electron chi connectivity index (χ1n) is 11.8. The molecule has 0 unspecified atom stereocenters. The van der Waals surface area contributed by atoms with Gasteiger partial charge in [0, 0.05) is 24.8 Å². The van der Waals surface area contributed by atoms with Crippen LogP contribution in [-0.2, 0) is 11.3 Å². The quantitative estimate of drug-likeness (QED) is 0.378. The summed E-state index contributed by atoms with van der Waals surface area (Å²) in [4.78, 5) is 21.8. The largest absolute Gasteiger partial charge is 0.369 e. The van der Waals surface area contributed by atoms with Gasteiger partial charge in [0.05, 0.1) is 18.1 Å². The highest BCUT2D eigenvalue weighted by atomic mass is 32.2. The topological polar surface area (TPSA) is 84.7 Å². The molecule has 1 amide bonds. The second-order valence-electron chi connectivity index (χ2n) is 9.29. The Balaban J connectivity index is 1.60. The van der Waals surface area contributed by atoms with E-state index in [4.69, 9.17) is 9.97 Å². The van der Waals surface area contributed by atoms with Crippen molar-refractivity contribution in [1.82, 2.24) is 25.1 Å². The molecule has 31 heavy (non-hydrogen) atoms. The molecule has 0 atom stereocenters. The van der Waals surface area contributed by atoms with Gasteiger partial charge >= 0.3 is 0 Å². The zero-order valence-corrected chi connectivity index (χ0v) is 20.3. The minimum Gasteiger partial charge on any atom is -0.369 e. The van der Waals surface area contributed by atoms with Crippen LogP contribution in [0.15, 0.2) is 11.4 Å². The lowest BCUT2D eigenvalue weighted by atomic mass is 9.86. The monoisotopic (exact) mass is 446 g/mol. The Bertz CT molecular complexity index is 844. The van der Waals surface area contributed by atoms with Crippen molar-refractivity contribution in [2.75, 3.05) is 18.4 Å². The molecular formula is C23H38N6OS. The van der Waals surface area contributed by atoms with Crippen LogP contribution in [0, 0.1) is 11.8 Å². The Morgan fingerprint density at radius 1 is 1.19 bits per heavy atom. The van der Waals surface area contributed by atoms with Gasteiger partial charge in [0.2, 0.25) is 5.91 Å². The van der Waals surface area contributed by atoms with Crippen LogP contribution in [-0.4, -0.2) is 44.0 Å². The van der Waals surface area contributed by atoms with Gasteiger partial charge < -0.3 is 10.6 Å². The number of anilines is 1. The van der Waals surface area contributed by atoms with E-state index in [1.807, 2.05) is 10.9 Å². The molecule has 0 saturated heterocycles. The van der Waals surface area contributed by atoms with Crippen molar-refractivity contribution in [1.29, 1.82) is 0 Å². The van der Waals surface area contributed by atoms with E-state index in [2.05, 4.69) is 43.4 Å². The van der Waals surface area contributed by atoms with E-state index in [0.29, 0.717) is 30.7 Å². The summed E-state index contributed by atoms with van der Waals surface area (Å²) in [5.74, 6) is 2.24. The number of carbonyl (C=O) groups excluding carboxylic acids is 1. The van der Waals surface area contributed by atoms with Gasteiger partial charge in [0.15, 0.2) is 10.8 Å². The van der Waals surface area contributed by atoms with Gasteiger partial charge in [-0.1, -0.05) is 71.6 Å². The molecule has 0 bridgehead atoms. The molecule has 1 fully saturated rings. The second kappa shape index (κ2) is 11.7. The molecule has 2 aromatic heterocycles. The highest BCUT2D eigenvalue weighted by Crippen LogP contribution is 2.28. The number of amides is 1. The van der Waals surface area contributed by atoms with Crippen molar-refractivity contribution in [2.45, 2.75) is 89.6 Å². The summed E-state index contributed by atoms with van der Waals surface area (Å²) in [5, 5.41) is 13.1. The molecule has 0 aromatic carbocycles. The van der Waals surface area contributed by atoms with Gasteiger partial charge in [-0.3, -0.25) is 4.79 Å². The Labute approximate surface area is 190 Å². The molecule has 7 nitrogen and oxygen atoms in total. The first-order chi connectivity index (χ1) is 14.9. The average Bonchev–Trinajstić information content (AvgIpc) is 3.14. The first kappa shape index (κ1) is 23.8. The van der Waals surface area contributed by atoms with E-state index in [1.54, 1.807) is 11.8 Å². The minimum atomic E-state index is 0.145. The molecule has 0 aliphatic heterocycles. The Kier molecular flexibility index (Phi) is 8.99. The van der Waals surface area contributed by atoms with Crippen LogP contribution >= 0.6 is 11.8 Å². The van der Waals surface area contributed by atoms with Gasteiger partial charge in [0.1, 0.15) is 5.82 Å². The number of nitrogens with zero attached hydrogens (tertiary/aromatic N) is 4. The fraction of sp³-hybridized carbons (Fsp3) is 0.739. The summed E-state index contributed by atoms with van der Waals surface area (Å²) in [7, 11) is 0. The molecule has 8 heteroatoms. The fourth-order valence-electron chi connectivity index (χ4n) is 4.00. The van der Waals surface area contributed by atoms with Crippen LogP contribution in [0.4, 0.5) is 5.82 Å². The average molecular weight is 447 g/mol. The number of nitrogens with one attached hydrogen (secondary N) is 2. The smallest absolute Gasteiger partial charge is 0.220 e.